The molecule has 19 heavy (non-hydrogen) atoms. The van der Waals surface area contributed by atoms with Gasteiger partial charge in [-0.15, -0.1) is 0 Å². The molecule has 0 aromatic carbocycles. The third-order valence-corrected chi connectivity index (χ3v) is 3.17. The van der Waals surface area contributed by atoms with Crippen molar-refractivity contribution in [3.8, 4) is 0 Å². The Bertz CT molecular complexity index is 277. The second-order valence-electron chi connectivity index (χ2n) is 5.55. The number of esters is 1. The van der Waals surface area contributed by atoms with Crippen LogP contribution in [0, 0.1) is 11.8 Å². The van der Waals surface area contributed by atoms with Crippen molar-refractivity contribution in [2.24, 2.45) is 11.8 Å². The molecule has 0 radical (unpaired) electrons. The summed E-state index contributed by atoms with van der Waals surface area (Å²) >= 11 is 0. The number of methoxy groups -OCH3 is 1. The second-order valence-corrected chi connectivity index (χ2v) is 5.55. The fourth-order valence-corrected chi connectivity index (χ4v) is 1.82. The Morgan fingerprint density at radius 2 is 1.84 bits per heavy atom. The first-order valence-electron chi connectivity index (χ1n) is 7.27. The second kappa shape index (κ2) is 9.82. The normalized spacial score (nSPS) is 12.3. The standard InChI is InChI=1S/C15H29NO3/c1-6-7-8-14(17)16(10-9-12(2)3)11-13(4)15(18)19-5/h12-13H,6-11H2,1-5H3. The molecule has 0 rings (SSSR count). The van der Waals surface area contributed by atoms with Crippen molar-refractivity contribution in [3.63, 3.8) is 0 Å². The topological polar surface area (TPSA) is 46.6 Å². The lowest BCUT2D eigenvalue weighted by atomic mass is 10.1. The largest absolute Gasteiger partial charge is 0.469 e. The Labute approximate surface area is 117 Å². The predicted octanol–water partition coefficient (Wildman–Crippen LogP) is 2.86. The van der Waals surface area contributed by atoms with Crippen LogP contribution in [0.5, 0.6) is 0 Å². The number of carbonyl (C=O) groups is 2. The van der Waals surface area contributed by atoms with Crippen molar-refractivity contribution in [3.05, 3.63) is 0 Å². The predicted molar refractivity (Wildman–Crippen MR) is 76.7 cm³/mol. The minimum absolute atomic E-state index is 0.151. The average molecular weight is 271 g/mol. The molecule has 0 saturated heterocycles. The van der Waals surface area contributed by atoms with E-state index in [0.717, 1.165) is 25.8 Å². The highest BCUT2D eigenvalue weighted by Gasteiger charge is 2.21. The van der Waals surface area contributed by atoms with Crippen molar-refractivity contribution in [1.82, 2.24) is 4.90 Å². The quantitative estimate of drug-likeness (QED) is 0.606. The molecule has 0 bridgehead atoms. The van der Waals surface area contributed by atoms with Crippen LogP contribution in [-0.4, -0.2) is 37.0 Å². The van der Waals surface area contributed by atoms with Gasteiger partial charge in [-0.3, -0.25) is 9.59 Å². The number of nitrogens with zero attached hydrogens (tertiary/aromatic N) is 1. The first kappa shape index (κ1) is 17.9. The van der Waals surface area contributed by atoms with Gasteiger partial charge in [0.1, 0.15) is 0 Å². The maximum Gasteiger partial charge on any atom is 0.310 e. The highest BCUT2D eigenvalue weighted by atomic mass is 16.5. The van der Waals surface area contributed by atoms with Gasteiger partial charge < -0.3 is 9.64 Å². The number of hydrogen-bond donors (Lipinski definition) is 0. The summed E-state index contributed by atoms with van der Waals surface area (Å²) in [5, 5.41) is 0. The van der Waals surface area contributed by atoms with Gasteiger partial charge in [-0.2, -0.15) is 0 Å². The third kappa shape index (κ3) is 7.85. The summed E-state index contributed by atoms with van der Waals surface area (Å²) in [4.78, 5) is 25.4. The van der Waals surface area contributed by atoms with Gasteiger partial charge in [-0.05, 0) is 18.8 Å². The molecule has 0 N–H and O–H groups in total. The van der Waals surface area contributed by atoms with Crippen molar-refractivity contribution in [2.45, 2.75) is 53.4 Å². The van der Waals surface area contributed by atoms with Gasteiger partial charge in [0.2, 0.25) is 5.91 Å². The van der Waals surface area contributed by atoms with E-state index in [0.29, 0.717) is 18.9 Å². The van der Waals surface area contributed by atoms with Crippen molar-refractivity contribution in [2.75, 3.05) is 20.2 Å². The van der Waals surface area contributed by atoms with Crippen LogP contribution in [0.25, 0.3) is 0 Å². The minimum atomic E-state index is -0.261. The van der Waals surface area contributed by atoms with Crippen LogP contribution in [0.4, 0.5) is 0 Å². The Balaban J connectivity index is 4.47. The van der Waals surface area contributed by atoms with E-state index in [9.17, 15) is 9.59 Å². The van der Waals surface area contributed by atoms with E-state index in [1.807, 2.05) is 4.90 Å². The van der Waals surface area contributed by atoms with Gasteiger partial charge in [0, 0.05) is 19.5 Å². The molecule has 4 nitrogen and oxygen atoms in total. The van der Waals surface area contributed by atoms with E-state index in [4.69, 9.17) is 4.74 Å². The molecule has 4 heteroatoms. The zero-order valence-electron chi connectivity index (χ0n) is 13.1. The number of amides is 1. The smallest absolute Gasteiger partial charge is 0.310 e. The summed E-state index contributed by atoms with van der Waals surface area (Å²) in [6, 6.07) is 0. The van der Waals surface area contributed by atoms with E-state index >= 15 is 0 Å². The molecule has 0 aliphatic heterocycles. The van der Waals surface area contributed by atoms with Gasteiger partial charge in [-0.25, -0.2) is 0 Å². The fourth-order valence-electron chi connectivity index (χ4n) is 1.82. The molecule has 0 fully saturated rings. The van der Waals surface area contributed by atoms with E-state index < -0.39 is 0 Å². The van der Waals surface area contributed by atoms with Crippen LogP contribution in [0.15, 0.2) is 0 Å². The van der Waals surface area contributed by atoms with Gasteiger partial charge in [0.05, 0.1) is 13.0 Å². The maximum atomic E-state index is 12.1. The van der Waals surface area contributed by atoms with Crippen LogP contribution in [-0.2, 0) is 14.3 Å². The molecule has 0 aromatic rings. The zero-order chi connectivity index (χ0) is 14.8. The summed E-state index contributed by atoms with van der Waals surface area (Å²) in [7, 11) is 1.39. The third-order valence-electron chi connectivity index (χ3n) is 3.17. The molecular formula is C15H29NO3. The molecule has 0 heterocycles. The van der Waals surface area contributed by atoms with Gasteiger partial charge in [0.25, 0.3) is 0 Å². The van der Waals surface area contributed by atoms with E-state index in [2.05, 4.69) is 20.8 Å². The van der Waals surface area contributed by atoms with Crippen LogP contribution in [0.3, 0.4) is 0 Å². The Morgan fingerprint density at radius 1 is 1.21 bits per heavy atom. The van der Waals surface area contributed by atoms with Crippen LogP contribution < -0.4 is 0 Å². The first-order chi connectivity index (χ1) is 8.92. The lowest BCUT2D eigenvalue weighted by molar-refractivity contribution is -0.146. The Morgan fingerprint density at radius 3 is 2.32 bits per heavy atom. The number of carbonyl (C=O) groups excluding carboxylic acids is 2. The van der Waals surface area contributed by atoms with Gasteiger partial charge >= 0.3 is 5.97 Å². The van der Waals surface area contributed by atoms with Crippen molar-refractivity contribution < 1.29 is 14.3 Å². The molecule has 1 amide bonds. The van der Waals surface area contributed by atoms with E-state index in [1.54, 1.807) is 6.92 Å². The SMILES string of the molecule is CCCCC(=O)N(CCC(C)C)CC(C)C(=O)OC. The summed E-state index contributed by atoms with van der Waals surface area (Å²) < 4.78 is 4.72. The number of ether oxygens (including phenoxy) is 1. The molecular weight excluding hydrogens is 242 g/mol. The highest BCUT2D eigenvalue weighted by molar-refractivity contribution is 5.77. The lowest BCUT2D eigenvalue weighted by Gasteiger charge is -2.26. The fraction of sp³-hybridized carbons (Fsp3) is 0.867. The Kier molecular flexibility index (Phi) is 9.27. The summed E-state index contributed by atoms with van der Waals surface area (Å²) in [6.07, 6.45) is 3.45. The summed E-state index contributed by atoms with van der Waals surface area (Å²) in [5.41, 5.74) is 0. The van der Waals surface area contributed by atoms with E-state index in [1.165, 1.54) is 7.11 Å². The number of rotatable bonds is 9. The van der Waals surface area contributed by atoms with Gasteiger partial charge in [0.15, 0.2) is 0 Å². The molecule has 0 aliphatic carbocycles. The number of hydrogen-bond acceptors (Lipinski definition) is 3. The highest BCUT2D eigenvalue weighted by Crippen LogP contribution is 2.10. The van der Waals surface area contributed by atoms with Gasteiger partial charge in [-0.1, -0.05) is 34.1 Å². The maximum absolute atomic E-state index is 12.1. The lowest BCUT2D eigenvalue weighted by Crippen LogP contribution is -2.38. The number of unbranched alkanes of at least 4 members (excludes halogenated alkanes) is 1. The molecule has 1 atom stereocenters. The summed E-state index contributed by atoms with van der Waals surface area (Å²) in [5.74, 6) is 0.189. The van der Waals surface area contributed by atoms with Crippen molar-refractivity contribution in [1.29, 1.82) is 0 Å². The molecule has 0 aromatic heterocycles. The van der Waals surface area contributed by atoms with Crippen LogP contribution in [0.2, 0.25) is 0 Å². The van der Waals surface area contributed by atoms with Crippen LogP contribution >= 0.6 is 0 Å². The zero-order valence-corrected chi connectivity index (χ0v) is 13.1. The minimum Gasteiger partial charge on any atom is -0.469 e. The molecule has 0 aliphatic rings. The molecule has 0 spiro atoms. The molecule has 0 saturated carbocycles. The first-order valence-corrected chi connectivity index (χ1v) is 7.27. The van der Waals surface area contributed by atoms with Crippen molar-refractivity contribution >= 4 is 11.9 Å². The molecule has 1 unspecified atom stereocenters. The molecule has 112 valence electrons. The average Bonchev–Trinajstić information content (AvgIpc) is 2.38. The summed E-state index contributed by atoms with van der Waals surface area (Å²) in [6.45, 7) is 9.34. The van der Waals surface area contributed by atoms with E-state index in [-0.39, 0.29) is 17.8 Å². The monoisotopic (exact) mass is 271 g/mol. The Hall–Kier alpha value is -1.06. The van der Waals surface area contributed by atoms with Crippen LogP contribution in [0.1, 0.15) is 53.4 Å².